The number of carbonyl (C=O) groups is 1. The summed E-state index contributed by atoms with van der Waals surface area (Å²) in [6.07, 6.45) is 1.11. The van der Waals surface area contributed by atoms with Gasteiger partial charge in [-0.3, -0.25) is 4.79 Å². The van der Waals surface area contributed by atoms with Crippen LogP contribution < -0.4 is 11.1 Å². The molecule has 0 aromatic heterocycles. The second-order valence-corrected chi connectivity index (χ2v) is 4.72. The topological polar surface area (TPSA) is 55.1 Å². The number of hydrogen-bond donors (Lipinski definition) is 2. The van der Waals surface area contributed by atoms with E-state index >= 15 is 0 Å². The molecule has 0 bridgehead atoms. The average molecular weight is 218 g/mol. The quantitative estimate of drug-likeness (QED) is 0.761. The number of anilines is 1. The minimum Gasteiger partial charge on any atom is -0.399 e. The fourth-order valence-corrected chi connectivity index (χ4v) is 1.81. The summed E-state index contributed by atoms with van der Waals surface area (Å²) in [5.74, 6) is 0.605. The predicted molar refractivity (Wildman–Crippen MR) is 65.0 cm³/mol. The molecule has 2 rings (SSSR count). The molecular weight excluding hydrogens is 200 g/mol. The molecule has 1 aliphatic rings. The van der Waals surface area contributed by atoms with Gasteiger partial charge in [-0.15, -0.1) is 0 Å². The molecule has 1 amide bonds. The maximum Gasteiger partial charge on any atom is 0.227 e. The third-order valence-electron chi connectivity index (χ3n) is 3.24. The molecule has 3 N–H and O–H groups in total. The highest BCUT2D eigenvalue weighted by Gasteiger charge is 2.34. The van der Waals surface area contributed by atoms with Gasteiger partial charge in [0, 0.05) is 11.7 Å². The molecule has 86 valence electrons. The van der Waals surface area contributed by atoms with E-state index in [-0.39, 0.29) is 11.8 Å². The smallest absolute Gasteiger partial charge is 0.227 e. The summed E-state index contributed by atoms with van der Waals surface area (Å²) in [4.78, 5) is 11.9. The number of amides is 1. The van der Waals surface area contributed by atoms with E-state index in [1.807, 2.05) is 31.2 Å². The molecule has 3 atom stereocenters. The zero-order chi connectivity index (χ0) is 11.7. The van der Waals surface area contributed by atoms with Crippen LogP contribution in [0.15, 0.2) is 24.3 Å². The number of rotatable bonds is 3. The molecule has 0 saturated heterocycles. The first kappa shape index (κ1) is 11.0. The number of nitrogens with one attached hydrogen (secondary N) is 1. The van der Waals surface area contributed by atoms with Crippen molar-refractivity contribution in [3.8, 4) is 0 Å². The van der Waals surface area contributed by atoms with Crippen LogP contribution in [0.3, 0.4) is 0 Å². The second-order valence-electron chi connectivity index (χ2n) is 4.72. The zero-order valence-electron chi connectivity index (χ0n) is 9.73. The molecule has 16 heavy (non-hydrogen) atoms. The molecule has 1 aliphatic carbocycles. The number of hydrogen-bond acceptors (Lipinski definition) is 2. The number of nitrogen functional groups attached to an aromatic ring is 1. The summed E-state index contributed by atoms with van der Waals surface area (Å²) >= 11 is 0. The van der Waals surface area contributed by atoms with Crippen molar-refractivity contribution in [1.82, 2.24) is 5.32 Å². The molecule has 0 radical (unpaired) electrons. The van der Waals surface area contributed by atoms with Crippen LogP contribution >= 0.6 is 0 Å². The highest BCUT2D eigenvalue weighted by Crippen LogP contribution is 2.30. The highest BCUT2D eigenvalue weighted by atomic mass is 16.2. The van der Waals surface area contributed by atoms with Gasteiger partial charge in [-0.2, -0.15) is 0 Å². The number of nitrogens with two attached hydrogens (primary N) is 1. The van der Waals surface area contributed by atoms with Crippen molar-refractivity contribution >= 4 is 11.6 Å². The standard InChI is InChI=1S/C13H18N2O/c1-8-6-12(8)15-13(16)9(2)10-4-3-5-11(14)7-10/h3-5,7-9,12H,6,14H2,1-2H3,(H,15,16). The molecule has 0 heterocycles. The zero-order valence-corrected chi connectivity index (χ0v) is 9.73. The van der Waals surface area contributed by atoms with Gasteiger partial charge in [-0.05, 0) is 37.0 Å². The summed E-state index contributed by atoms with van der Waals surface area (Å²) < 4.78 is 0. The van der Waals surface area contributed by atoms with Crippen LogP contribution in [0.4, 0.5) is 5.69 Å². The minimum absolute atomic E-state index is 0.0972. The maximum atomic E-state index is 11.9. The molecule has 3 nitrogen and oxygen atoms in total. The Balaban J connectivity index is 2.01. The summed E-state index contributed by atoms with van der Waals surface area (Å²) in [6.45, 7) is 4.06. The molecule has 3 unspecified atom stereocenters. The van der Waals surface area contributed by atoms with Crippen LogP contribution in [0.2, 0.25) is 0 Å². The Morgan fingerprint density at radius 2 is 2.25 bits per heavy atom. The molecule has 1 aromatic rings. The first-order valence-corrected chi connectivity index (χ1v) is 5.73. The van der Waals surface area contributed by atoms with E-state index < -0.39 is 0 Å². The van der Waals surface area contributed by atoms with Gasteiger partial charge < -0.3 is 11.1 Å². The van der Waals surface area contributed by atoms with Crippen molar-refractivity contribution < 1.29 is 4.79 Å². The minimum atomic E-state index is -0.128. The molecule has 0 aliphatic heterocycles. The first-order valence-electron chi connectivity index (χ1n) is 5.73. The Labute approximate surface area is 96.0 Å². The Hall–Kier alpha value is -1.51. The summed E-state index contributed by atoms with van der Waals surface area (Å²) in [5, 5.41) is 3.04. The van der Waals surface area contributed by atoms with E-state index in [9.17, 15) is 4.79 Å². The van der Waals surface area contributed by atoms with Gasteiger partial charge >= 0.3 is 0 Å². The largest absolute Gasteiger partial charge is 0.399 e. The molecule has 1 saturated carbocycles. The highest BCUT2D eigenvalue weighted by molar-refractivity contribution is 5.84. The Morgan fingerprint density at radius 3 is 2.81 bits per heavy atom. The van der Waals surface area contributed by atoms with E-state index in [4.69, 9.17) is 5.73 Å². The van der Waals surface area contributed by atoms with Crippen molar-refractivity contribution in [1.29, 1.82) is 0 Å². The van der Waals surface area contributed by atoms with Crippen LogP contribution in [0.5, 0.6) is 0 Å². The van der Waals surface area contributed by atoms with Crippen molar-refractivity contribution in [2.24, 2.45) is 5.92 Å². The first-order chi connectivity index (χ1) is 7.58. The molecule has 1 fully saturated rings. The molecule has 1 aromatic carbocycles. The van der Waals surface area contributed by atoms with Crippen LogP contribution in [0.25, 0.3) is 0 Å². The van der Waals surface area contributed by atoms with Gasteiger partial charge in [0.2, 0.25) is 5.91 Å². The fourth-order valence-electron chi connectivity index (χ4n) is 1.81. The van der Waals surface area contributed by atoms with Gasteiger partial charge in [-0.1, -0.05) is 19.1 Å². The Kier molecular flexibility index (Phi) is 2.86. The normalized spacial score (nSPS) is 24.9. The molecule has 3 heteroatoms. The Morgan fingerprint density at radius 1 is 1.56 bits per heavy atom. The Bertz CT molecular complexity index is 403. The lowest BCUT2D eigenvalue weighted by molar-refractivity contribution is -0.122. The van der Waals surface area contributed by atoms with E-state index in [0.29, 0.717) is 17.6 Å². The van der Waals surface area contributed by atoms with Crippen molar-refractivity contribution in [2.75, 3.05) is 5.73 Å². The van der Waals surface area contributed by atoms with E-state index in [2.05, 4.69) is 12.2 Å². The second kappa shape index (κ2) is 4.16. The summed E-state index contributed by atoms with van der Waals surface area (Å²) in [7, 11) is 0. The maximum absolute atomic E-state index is 11.9. The van der Waals surface area contributed by atoms with Crippen LogP contribution in [-0.4, -0.2) is 11.9 Å². The lowest BCUT2D eigenvalue weighted by atomic mass is 10.00. The van der Waals surface area contributed by atoms with E-state index in [1.165, 1.54) is 0 Å². The summed E-state index contributed by atoms with van der Waals surface area (Å²) in [6, 6.07) is 7.90. The van der Waals surface area contributed by atoms with Crippen molar-refractivity contribution in [3.63, 3.8) is 0 Å². The third kappa shape index (κ3) is 2.35. The molecular formula is C13H18N2O. The lowest BCUT2D eigenvalue weighted by Gasteiger charge is -2.12. The van der Waals surface area contributed by atoms with Gasteiger partial charge in [0.25, 0.3) is 0 Å². The van der Waals surface area contributed by atoms with Crippen LogP contribution in [-0.2, 0) is 4.79 Å². The van der Waals surface area contributed by atoms with Gasteiger partial charge in [0.15, 0.2) is 0 Å². The fraction of sp³-hybridized carbons (Fsp3) is 0.462. The SMILES string of the molecule is CC(C(=O)NC1CC1C)c1cccc(N)c1. The van der Waals surface area contributed by atoms with E-state index in [0.717, 1.165) is 12.0 Å². The lowest BCUT2D eigenvalue weighted by Crippen LogP contribution is -2.30. The monoisotopic (exact) mass is 218 g/mol. The van der Waals surface area contributed by atoms with Crippen molar-refractivity contribution in [2.45, 2.75) is 32.2 Å². The van der Waals surface area contributed by atoms with Crippen LogP contribution in [0.1, 0.15) is 31.7 Å². The number of carbonyl (C=O) groups excluding carboxylic acids is 1. The third-order valence-corrected chi connectivity index (χ3v) is 3.24. The summed E-state index contributed by atoms with van der Waals surface area (Å²) in [5.41, 5.74) is 7.38. The van der Waals surface area contributed by atoms with Crippen molar-refractivity contribution in [3.05, 3.63) is 29.8 Å². The average Bonchev–Trinajstić information content (AvgIpc) is 2.93. The van der Waals surface area contributed by atoms with Crippen LogP contribution in [0, 0.1) is 5.92 Å². The van der Waals surface area contributed by atoms with Gasteiger partial charge in [0.1, 0.15) is 0 Å². The number of benzene rings is 1. The van der Waals surface area contributed by atoms with E-state index in [1.54, 1.807) is 0 Å². The van der Waals surface area contributed by atoms with Gasteiger partial charge in [0.05, 0.1) is 5.92 Å². The molecule has 0 spiro atoms. The predicted octanol–water partition coefficient (Wildman–Crippen LogP) is 1.90. The van der Waals surface area contributed by atoms with Gasteiger partial charge in [-0.25, -0.2) is 0 Å².